The lowest BCUT2D eigenvalue weighted by atomic mass is 10.1. The molecule has 5 heteroatoms. The highest BCUT2D eigenvalue weighted by Crippen LogP contribution is 2.21. The zero-order chi connectivity index (χ0) is 13.9. The molecule has 1 atom stereocenters. The van der Waals surface area contributed by atoms with Crippen molar-refractivity contribution in [3.05, 3.63) is 29.0 Å². The third-order valence-electron chi connectivity index (χ3n) is 4.30. The molecule has 0 aliphatic carbocycles. The summed E-state index contributed by atoms with van der Waals surface area (Å²) in [7, 11) is 0. The Kier molecular flexibility index (Phi) is 4.22. The molecule has 0 bridgehead atoms. The number of aromatic nitrogens is 1. The minimum Gasteiger partial charge on any atom is -0.336 e. The first-order valence-electron chi connectivity index (χ1n) is 7.39. The summed E-state index contributed by atoms with van der Waals surface area (Å²) in [6.45, 7) is 4.02. The van der Waals surface area contributed by atoms with E-state index in [1.54, 1.807) is 18.3 Å². The van der Waals surface area contributed by atoms with Crippen LogP contribution >= 0.6 is 11.6 Å². The number of carbonyl (C=O) groups excluding carboxylic acids is 1. The number of carbonyl (C=O) groups is 1. The van der Waals surface area contributed by atoms with Gasteiger partial charge in [0.1, 0.15) is 5.69 Å². The van der Waals surface area contributed by atoms with Crippen LogP contribution < -0.4 is 0 Å². The predicted molar refractivity (Wildman–Crippen MR) is 79.0 cm³/mol. The van der Waals surface area contributed by atoms with E-state index in [9.17, 15) is 4.79 Å². The van der Waals surface area contributed by atoms with Crippen molar-refractivity contribution in [2.24, 2.45) is 0 Å². The van der Waals surface area contributed by atoms with Gasteiger partial charge in [-0.3, -0.25) is 14.7 Å². The summed E-state index contributed by atoms with van der Waals surface area (Å²) in [4.78, 5) is 21.0. The molecule has 20 heavy (non-hydrogen) atoms. The zero-order valence-electron chi connectivity index (χ0n) is 11.6. The molecular formula is C15H20ClN3O. The van der Waals surface area contributed by atoms with Crippen LogP contribution in [0.25, 0.3) is 0 Å². The summed E-state index contributed by atoms with van der Waals surface area (Å²) in [5, 5.41) is 0.565. The number of halogens is 1. The van der Waals surface area contributed by atoms with E-state index in [-0.39, 0.29) is 5.91 Å². The Morgan fingerprint density at radius 3 is 2.80 bits per heavy atom. The van der Waals surface area contributed by atoms with Gasteiger partial charge in [-0.15, -0.1) is 0 Å². The predicted octanol–water partition coefficient (Wildman–Crippen LogP) is 2.44. The van der Waals surface area contributed by atoms with Gasteiger partial charge in [0.2, 0.25) is 0 Å². The number of rotatable bonds is 2. The van der Waals surface area contributed by atoms with Gasteiger partial charge in [-0.2, -0.15) is 0 Å². The van der Waals surface area contributed by atoms with Crippen LogP contribution in [0.3, 0.4) is 0 Å². The second-order valence-electron chi connectivity index (χ2n) is 5.65. The molecule has 0 saturated carbocycles. The van der Waals surface area contributed by atoms with Gasteiger partial charge in [0, 0.05) is 30.4 Å². The van der Waals surface area contributed by atoms with E-state index in [0.29, 0.717) is 16.8 Å². The molecule has 108 valence electrons. The smallest absolute Gasteiger partial charge is 0.272 e. The van der Waals surface area contributed by atoms with Gasteiger partial charge in [-0.05, 0) is 44.5 Å². The summed E-state index contributed by atoms with van der Waals surface area (Å²) in [5.74, 6) is 0.00649. The Bertz CT molecular complexity index is 488. The summed E-state index contributed by atoms with van der Waals surface area (Å²) in [6.07, 6.45) is 6.60. The molecule has 1 aromatic rings. The third-order valence-corrected chi connectivity index (χ3v) is 4.53. The van der Waals surface area contributed by atoms with Crippen LogP contribution in [-0.2, 0) is 0 Å². The zero-order valence-corrected chi connectivity index (χ0v) is 12.4. The molecule has 2 fully saturated rings. The molecule has 1 unspecified atom stereocenters. The second-order valence-corrected chi connectivity index (χ2v) is 6.09. The standard InChI is InChI=1S/C15H20ClN3O/c16-12-4-6-17-14(10-12)15(20)19-9-5-13(11-19)18-7-2-1-3-8-18/h4,6,10,13H,1-3,5,7-9,11H2. The second kappa shape index (κ2) is 6.10. The van der Waals surface area contributed by atoms with Gasteiger partial charge >= 0.3 is 0 Å². The van der Waals surface area contributed by atoms with Crippen molar-refractivity contribution in [2.75, 3.05) is 26.2 Å². The fourth-order valence-electron chi connectivity index (χ4n) is 3.19. The molecule has 3 heterocycles. The Labute approximate surface area is 124 Å². The van der Waals surface area contributed by atoms with Crippen molar-refractivity contribution < 1.29 is 4.79 Å². The van der Waals surface area contributed by atoms with Gasteiger partial charge in [-0.25, -0.2) is 0 Å². The number of piperidine rings is 1. The maximum atomic E-state index is 12.4. The first-order valence-corrected chi connectivity index (χ1v) is 7.77. The highest BCUT2D eigenvalue weighted by atomic mass is 35.5. The first-order chi connectivity index (χ1) is 9.74. The fraction of sp³-hybridized carbons (Fsp3) is 0.600. The maximum Gasteiger partial charge on any atom is 0.272 e. The SMILES string of the molecule is O=C(c1cc(Cl)ccn1)N1CCC(N2CCCCC2)C1. The number of likely N-dealkylation sites (tertiary alicyclic amines) is 2. The van der Waals surface area contributed by atoms with E-state index in [0.717, 1.165) is 19.5 Å². The molecule has 2 aliphatic rings. The van der Waals surface area contributed by atoms with Gasteiger partial charge in [0.25, 0.3) is 5.91 Å². The van der Waals surface area contributed by atoms with Gasteiger partial charge in [0.15, 0.2) is 0 Å². The summed E-state index contributed by atoms with van der Waals surface area (Å²) >= 11 is 5.93. The molecule has 0 spiro atoms. The minimum absolute atomic E-state index is 0.00649. The van der Waals surface area contributed by atoms with Crippen molar-refractivity contribution in [3.63, 3.8) is 0 Å². The Morgan fingerprint density at radius 1 is 1.25 bits per heavy atom. The fourth-order valence-corrected chi connectivity index (χ4v) is 3.35. The average molecular weight is 294 g/mol. The van der Waals surface area contributed by atoms with E-state index >= 15 is 0 Å². The molecule has 4 nitrogen and oxygen atoms in total. The molecule has 1 amide bonds. The molecule has 2 saturated heterocycles. The van der Waals surface area contributed by atoms with Crippen LogP contribution in [0.5, 0.6) is 0 Å². The highest BCUT2D eigenvalue weighted by molar-refractivity contribution is 6.30. The van der Waals surface area contributed by atoms with E-state index in [1.807, 2.05) is 4.90 Å². The lowest BCUT2D eigenvalue weighted by molar-refractivity contribution is 0.0766. The van der Waals surface area contributed by atoms with Gasteiger partial charge in [-0.1, -0.05) is 18.0 Å². The lowest BCUT2D eigenvalue weighted by Crippen LogP contribution is -2.41. The Hall–Kier alpha value is -1.13. The number of hydrogen-bond donors (Lipinski definition) is 0. The van der Waals surface area contributed by atoms with Crippen molar-refractivity contribution >= 4 is 17.5 Å². The topological polar surface area (TPSA) is 36.4 Å². The van der Waals surface area contributed by atoms with Crippen LogP contribution in [0.15, 0.2) is 18.3 Å². The quantitative estimate of drug-likeness (QED) is 0.840. The van der Waals surface area contributed by atoms with Crippen LogP contribution in [0.2, 0.25) is 5.02 Å². The molecule has 2 aliphatic heterocycles. The molecule has 0 N–H and O–H groups in total. The monoisotopic (exact) mass is 293 g/mol. The Morgan fingerprint density at radius 2 is 2.05 bits per heavy atom. The van der Waals surface area contributed by atoms with Gasteiger partial charge < -0.3 is 4.90 Å². The van der Waals surface area contributed by atoms with E-state index < -0.39 is 0 Å². The van der Waals surface area contributed by atoms with E-state index in [1.165, 1.54) is 32.4 Å². The Balaban J connectivity index is 1.63. The molecule has 1 aromatic heterocycles. The molecule has 0 aromatic carbocycles. The summed E-state index contributed by atoms with van der Waals surface area (Å²) < 4.78 is 0. The molecule has 3 rings (SSSR count). The van der Waals surface area contributed by atoms with Crippen LogP contribution in [0.4, 0.5) is 0 Å². The summed E-state index contributed by atoms with van der Waals surface area (Å²) in [5.41, 5.74) is 0.455. The maximum absolute atomic E-state index is 12.4. The number of hydrogen-bond acceptors (Lipinski definition) is 3. The van der Waals surface area contributed by atoms with Crippen molar-refractivity contribution in [3.8, 4) is 0 Å². The lowest BCUT2D eigenvalue weighted by Gasteiger charge is -2.32. The number of amides is 1. The third kappa shape index (κ3) is 2.96. The van der Waals surface area contributed by atoms with Crippen LogP contribution in [0, 0.1) is 0 Å². The highest BCUT2D eigenvalue weighted by Gasteiger charge is 2.31. The minimum atomic E-state index is 0.00649. The van der Waals surface area contributed by atoms with Crippen LogP contribution in [0.1, 0.15) is 36.2 Å². The average Bonchev–Trinajstić information content (AvgIpc) is 2.97. The van der Waals surface area contributed by atoms with E-state index in [4.69, 9.17) is 11.6 Å². The molecular weight excluding hydrogens is 274 g/mol. The van der Waals surface area contributed by atoms with Gasteiger partial charge in [0.05, 0.1) is 0 Å². The normalized spacial score (nSPS) is 24.1. The molecule has 0 radical (unpaired) electrons. The number of pyridine rings is 1. The van der Waals surface area contributed by atoms with Crippen molar-refractivity contribution in [1.82, 2.24) is 14.8 Å². The van der Waals surface area contributed by atoms with Crippen molar-refractivity contribution in [1.29, 1.82) is 0 Å². The summed E-state index contributed by atoms with van der Waals surface area (Å²) in [6, 6.07) is 3.87. The van der Waals surface area contributed by atoms with Crippen molar-refractivity contribution in [2.45, 2.75) is 31.7 Å². The largest absolute Gasteiger partial charge is 0.336 e. The first kappa shape index (κ1) is 13.8. The van der Waals surface area contributed by atoms with Crippen LogP contribution in [-0.4, -0.2) is 52.9 Å². The van der Waals surface area contributed by atoms with E-state index in [2.05, 4.69) is 9.88 Å². The number of nitrogens with zero attached hydrogens (tertiary/aromatic N) is 3.